The number of ketones is 1. The third-order valence-electron chi connectivity index (χ3n) is 2.54. The van der Waals surface area contributed by atoms with Gasteiger partial charge in [-0.2, -0.15) is 0 Å². The minimum Gasteiger partial charge on any atom is -0.507 e. The lowest BCUT2D eigenvalue weighted by molar-refractivity contribution is 0.104. The van der Waals surface area contributed by atoms with E-state index in [-0.39, 0.29) is 17.1 Å². The van der Waals surface area contributed by atoms with E-state index in [1.54, 1.807) is 30.4 Å². The summed E-state index contributed by atoms with van der Waals surface area (Å²) in [7, 11) is 0. The van der Waals surface area contributed by atoms with Crippen LogP contribution in [0.1, 0.15) is 16.1 Å². The summed E-state index contributed by atoms with van der Waals surface area (Å²) in [5, 5.41) is 9.83. The molecule has 20 heavy (non-hydrogen) atoms. The first-order chi connectivity index (χ1) is 9.70. The molecule has 1 aromatic carbocycles. The molecule has 2 rings (SSSR count). The van der Waals surface area contributed by atoms with Crippen LogP contribution in [0.2, 0.25) is 0 Å². The van der Waals surface area contributed by atoms with Crippen LogP contribution in [0, 0.1) is 0 Å². The minimum atomic E-state index is -0.311. The van der Waals surface area contributed by atoms with Gasteiger partial charge in [0.2, 0.25) is 0 Å². The second-order valence-corrected chi connectivity index (χ2v) is 3.99. The number of benzene rings is 1. The van der Waals surface area contributed by atoms with E-state index in [4.69, 9.17) is 9.15 Å². The monoisotopic (exact) mass is 270 g/mol. The molecule has 2 aromatic rings. The number of hydrogen-bond acceptors (Lipinski definition) is 4. The molecule has 0 fully saturated rings. The fourth-order valence-electron chi connectivity index (χ4n) is 1.60. The Morgan fingerprint density at radius 2 is 2.25 bits per heavy atom. The molecule has 0 saturated heterocycles. The zero-order valence-corrected chi connectivity index (χ0v) is 10.8. The normalized spacial score (nSPS) is 10.6. The highest BCUT2D eigenvalue weighted by atomic mass is 16.5. The van der Waals surface area contributed by atoms with Gasteiger partial charge in [0.15, 0.2) is 5.78 Å². The molecule has 0 unspecified atom stereocenters. The van der Waals surface area contributed by atoms with E-state index in [0.717, 1.165) is 0 Å². The summed E-state index contributed by atoms with van der Waals surface area (Å²) in [5.41, 5.74) is 0.207. The van der Waals surface area contributed by atoms with Crippen molar-refractivity contribution in [2.24, 2.45) is 0 Å². The highest BCUT2D eigenvalue weighted by Crippen LogP contribution is 2.24. The maximum atomic E-state index is 11.9. The highest BCUT2D eigenvalue weighted by Gasteiger charge is 2.09. The number of aromatic hydroxyl groups is 1. The van der Waals surface area contributed by atoms with Crippen molar-refractivity contribution in [2.45, 2.75) is 0 Å². The van der Waals surface area contributed by atoms with Crippen molar-refractivity contribution < 1.29 is 19.1 Å². The van der Waals surface area contributed by atoms with Crippen LogP contribution in [-0.2, 0) is 0 Å². The molecule has 4 heteroatoms. The Kier molecular flexibility index (Phi) is 4.39. The predicted octanol–water partition coefficient (Wildman–Crippen LogP) is 3.45. The van der Waals surface area contributed by atoms with Crippen LogP contribution in [-0.4, -0.2) is 17.5 Å². The van der Waals surface area contributed by atoms with Gasteiger partial charge in [0.1, 0.15) is 23.9 Å². The van der Waals surface area contributed by atoms with Crippen LogP contribution in [0.3, 0.4) is 0 Å². The number of rotatable bonds is 6. The van der Waals surface area contributed by atoms with E-state index in [1.807, 2.05) is 0 Å². The zero-order valence-electron chi connectivity index (χ0n) is 10.8. The van der Waals surface area contributed by atoms with Crippen molar-refractivity contribution in [3.05, 3.63) is 66.6 Å². The molecule has 0 amide bonds. The SMILES string of the molecule is C=CCOc1ccc(C(=O)/C=C/c2ccco2)c(O)c1. The molecule has 1 aromatic heterocycles. The molecule has 0 bridgehead atoms. The average molecular weight is 270 g/mol. The standard InChI is InChI=1S/C16H14O4/c1-2-9-19-13-5-7-14(16(18)11-13)15(17)8-6-12-4-3-10-20-12/h2-8,10-11,18H,1,9H2/b8-6+. The van der Waals surface area contributed by atoms with Crippen molar-refractivity contribution in [3.8, 4) is 11.5 Å². The second kappa shape index (κ2) is 6.43. The van der Waals surface area contributed by atoms with E-state index in [0.29, 0.717) is 18.1 Å². The molecule has 0 aliphatic rings. The number of carbonyl (C=O) groups is 1. The lowest BCUT2D eigenvalue weighted by Gasteiger charge is -2.05. The molecular formula is C16H14O4. The van der Waals surface area contributed by atoms with Crippen molar-refractivity contribution in [1.82, 2.24) is 0 Å². The number of hydrogen-bond donors (Lipinski definition) is 1. The van der Waals surface area contributed by atoms with Crippen molar-refractivity contribution in [2.75, 3.05) is 6.61 Å². The smallest absolute Gasteiger partial charge is 0.189 e. The number of phenols is 1. The molecule has 0 spiro atoms. The van der Waals surface area contributed by atoms with Crippen molar-refractivity contribution in [3.63, 3.8) is 0 Å². The fourth-order valence-corrected chi connectivity index (χ4v) is 1.60. The number of phenolic OH excluding ortho intramolecular Hbond substituents is 1. The van der Waals surface area contributed by atoms with Crippen molar-refractivity contribution in [1.29, 1.82) is 0 Å². The first kappa shape index (κ1) is 13.7. The summed E-state index contributed by atoms with van der Waals surface area (Å²) >= 11 is 0. The zero-order chi connectivity index (χ0) is 14.4. The Morgan fingerprint density at radius 3 is 2.90 bits per heavy atom. The van der Waals surface area contributed by atoms with Gasteiger partial charge < -0.3 is 14.3 Å². The highest BCUT2D eigenvalue weighted by molar-refractivity contribution is 6.08. The summed E-state index contributed by atoms with van der Waals surface area (Å²) in [6, 6.07) is 8.00. The summed E-state index contributed by atoms with van der Waals surface area (Å²) in [6.45, 7) is 3.87. The van der Waals surface area contributed by atoms with Gasteiger partial charge in [-0.05, 0) is 36.4 Å². The number of ether oxygens (including phenoxy) is 1. The van der Waals surface area contributed by atoms with Crippen molar-refractivity contribution >= 4 is 11.9 Å². The Balaban J connectivity index is 2.12. The van der Waals surface area contributed by atoms with Gasteiger partial charge in [0.05, 0.1) is 11.8 Å². The van der Waals surface area contributed by atoms with Gasteiger partial charge in [-0.15, -0.1) is 0 Å². The van der Waals surface area contributed by atoms with Crippen LogP contribution in [0.25, 0.3) is 6.08 Å². The van der Waals surface area contributed by atoms with E-state index in [9.17, 15) is 9.90 Å². The van der Waals surface area contributed by atoms with Crippen LogP contribution < -0.4 is 4.74 Å². The van der Waals surface area contributed by atoms with Gasteiger partial charge in [-0.3, -0.25) is 4.79 Å². The van der Waals surface area contributed by atoms with Gasteiger partial charge in [0, 0.05) is 6.07 Å². The molecule has 1 heterocycles. The third-order valence-corrected chi connectivity index (χ3v) is 2.54. The molecule has 0 aliphatic carbocycles. The summed E-state index contributed by atoms with van der Waals surface area (Å²) in [6.07, 6.45) is 6.01. The quantitative estimate of drug-likeness (QED) is 0.496. The molecular weight excluding hydrogens is 256 g/mol. The second-order valence-electron chi connectivity index (χ2n) is 3.99. The molecule has 4 nitrogen and oxygen atoms in total. The Morgan fingerprint density at radius 1 is 1.40 bits per heavy atom. The van der Waals surface area contributed by atoms with Gasteiger partial charge >= 0.3 is 0 Å². The van der Waals surface area contributed by atoms with E-state index >= 15 is 0 Å². The molecule has 1 N–H and O–H groups in total. The summed E-state index contributed by atoms with van der Waals surface area (Å²) < 4.78 is 10.3. The van der Waals surface area contributed by atoms with Gasteiger partial charge in [-0.25, -0.2) is 0 Å². The van der Waals surface area contributed by atoms with Crippen LogP contribution in [0.15, 0.2) is 59.7 Å². The largest absolute Gasteiger partial charge is 0.507 e. The Bertz CT molecular complexity index is 624. The molecule has 0 saturated carbocycles. The third kappa shape index (κ3) is 3.38. The topological polar surface area (TPSA) is 59.7 Å². The predicted molar refractivity (Wildman–Crippen MR) is 75.9 cm³/mol. The molecule has 0 atom stereocenters. The maximum absolute atomic E-state index is 11.9. The minimum absolute atomic E-state index is 0.124. The number of furan rings is 1. The lowest BCUT2D eigenvalue weighted by Crippen LogP contribution is -1.97. The molecule has 102 valence electrons. The summed E-state index contributed by atoms with van der Waals surface area (Å²) in [5.74, 6) is 0.618. The first-order valence-corrected chi connectivity index (χ1v) is 6.03. The maximum Gasteiger partial charge on any atom is 0.189 e. The van der Waals surface area contributed by atoms with Gasteiger partial charge in [0.25, 0.3) is 0 Å². The van der Waals surface area contributed by atoms with Crippen LogP contribution in [0.4, 0.5) is 0 Å². The van der Waals surface area contributed by atoms with E-state index in [2.05, 4.69) is 6.58 Å². The first-order valence-electron chi connectivity index (χ1n) is 6.03. The summed E-state index contributed by atoms with van der Waals surface area (Å²) in [4.78, 5) is 11.9. The fraction of sp³-hybridized carbons (Fsp3) is 0.0625. The Hall–Kier alpha value is -2.75. The molecule has 0 radical (unpaired) electrons. The Labute approximate surface area is 116 Å². The van der Waals surface area contributed by atoms with Crippen LogP contribution in [0.5, 0.6) is 11.5 Å². The lowest BCUT2D eigenvalue weighted by atomic mass is 10.1. The van der Waals surface area contributed by atoms with Crippen LogP contribution >= 0.6 is 0 Å². The van der Waals surface area contributed by atoms with E-state index < -0.39 is 0 Å². The average Bonchev–Trinajstić information content (AvgIpc) is 2.96. The molecule has 0 aliphatic heterocycles. The van der Waals surface area contributed by atoms with E-state index in [1.165, 1.54) is 24.5 Å². The number of carbonyl (C=O) groups excluding carboxylic acids is 1. The number of allylic oxidation sites excluding steroid dienone is 1. The van der Waals surface area contributed by atoms with Gasteiger partial charge in [-0.1, -0.05) is 12.7 Å².